The summed E-state index contributed by atoms with van der Waals surface area (Å²) in [4.78, 5) is 24.5. The first-order valence-corrected chi connectivity index (χ1v) is 6.50. The Balaban J connectivity index is 2.69. The Labute approximate surface area is 114 Å². The topological polar surface area (TPSA) is 66.8 Å². The van der Waals surface area contributed by atoms with E-state index in [1.54, 1.807) is 0 Å². The van der Waals surface area contributed by atoms with Crippen LogP contribution in [0.5, 0.6) is 0 Å². The third-order valence-electron chi connectivity index (χ3n) is 3.22. The van der Waals surface area contributed by atoms with Gasteiger partial charge in [-0.3, -0.25) is 4.79 Å². The van der Waals surface area contributed by atoms with Gasteiger partial charge < -0.3 is 14.7 Å². The first-order valence-electron chi connectivity index (χ1n) is 6.50. The maximum Gasteiger partial charge on any atom is 0.410 e. The highest BCUT2D eigenvalue weighted by atomic mass is 16.6. The largest absolute Gasteiger partial charge is 0.481 e. The second kappa shape index (κ2) is 6.08. The van der Waals surface area contributed by atoms with Crippen molar-refractivity contribution in [2.24, 2.45) is 17.3 Å². The minimum atomic E-state index is -0.840. The smallest absolute Gasteiger partial charge is 0.410 e. The van der Waals surface area contributed by atoms with Crippen molar-refractivity contribution in [1.29, 1.82) is 0 Å². The predicted molar refractivity (Wildman–Crippen MR) is 71.8 cm³/mol. The van der Waals surface area contributed by atoms with Crippen molar-refractivity contribution in [2.45, 2.75) is 27.2 Å². The van der Waals surface area contributed by atoms with Gasteiger partial charge in [0, 0.05) is 13.1 Å². The highest BCUT2D eigenvalue weighted by molar-refractivity contribution is 5.74. The number of carboxylic acid groups (broad SMARTS) is 1. The van der Waals surface area contributed by atoms with Crippen LogP contribution >= 0.6 is 0 Å². The van der Waals surface area contributed by atoms with Gasteiger partial charge in [-0.15, -0.1) is 0 Å². The Kier molecular flexibility index (Phi) is 4.97. The number of aliphatic carboxylic acids is 1. The van der Waals surface area contributed by atoms with Crippen LogP contribution in [0.3, 0.4) is 0 Å². The fraction of sp³-hybridized carbons (Fsp3) is 0.714. The van der Waals surface area contributed by atoms with Crippen LogP contribution in [-0.4, -0.2) is 41.8 Å². The summed E-state index contributed by atoms with van der Waals surface area (Å²) >= 11 is 0. The molecule has 0 aromatic rings. The number of ether oxygens (including phenoxy) is 1. The molecule has 1 aliphatic heterocycles. The average molecular weight is 269 g/mol. The molecule has 1 fully saturated rings. The predicted octanol–water partition coefficient (Wildman–Crippen LogP) is 2.38. The van der Waals surface area contributed by atoms with Crippen molar-refractivity contribution in [3.8, 4) is 0 Å². The molecule has 0 unspecified atom stereocenters. The lowest BCUT2D eigenvalue weighted by atomic mass is 9.80. The van der Waals surface area contributed by atoms with E-state index in [4.69, 9.17) is 4.74 Å². The van der Waals surface area contributed by atoms with Crippen LogP contribution in [0.25, 0.3) is 0 Å². The van der Waals surface area contributed by atoms with Crippen molar-refractivity contribution in [3.05, 3.63) is 12.7 Å². The number of hydrogen-bond acceptors (Lipinski definition) is 3. The molecule has 0 saturated carbocycles. The number of carboxylic acids is 1. The van der Waals surface area contributed by atoms with Crippen molar-refractivity contribution in [1.82, 2.24) is 4.90 Å². The van der Waals surface area contributed by atoms with Gasteiger partial charge in [0.15, 0.2) is 0 Å². The zero-order valence-corrected chi connectivity index (χ0v) is 11.9. The molecule has 2 atom stereocenters. The summed E-state index contributed by atoms with van der Waals surface area (Å²) in [7, 11) is 0. The number of carbonyl (C=O) groups is 2. The molecule has 1 N–H and O–H groups in total. The Morgan fingerprint density at radius 2 is 2.05 bits per heavy atom. The zero-order chi connectivity index (χ0) is 14.6. The van der Waals surface area contributed by atoms with Gasteiger partial charge in [-0.05, 0) is 17.8 Å². The van der Waals surface area contributed by atoms with E-state index < -0.39 is 18.0 Å². The third-order valence-corrected chi connectivity index (χ3v) is 3.22. The van der Waals surface area contributed by atoms with E-state index in [0.717, 1.165) is 6.42 Å². The van der Waals surface area contributed by atoms with Gasteiger partial charge in [0.25, 0.3) is 0 Å². The lowest BCUT2D eigenvalue weighted by molar-refractivity contribution is -0.142. The molecule has 108 valence electrons. The molecule has 1 aliphatic rings. The average Bonchev–Trinajstić information content (AvgIpc) is 2.67. The molecular weight excluding hydrogens is 246 g/mol. The second-order valence-corrected chi connectivity index (χ2v) is 6.24. The summed E-state index contributed by atoms with van der Waals surface area (Å²) in [5.74, 6) is -1.36. The van der Waals surface area contributed by atoms with E-state index in [9.17, 15) is 14.7 Å². The Bertz CT molecular complexity index is 359. The van der Waals surface area contributed by atoms with Crippen LogP contribution in [0.2, 0.25) is 0 Å². The molecule has 1 amide bonds. The fourth-order valence-corrected chi connectivity index (χ4v) is 2.52. The van der Waals surface area contributed by atoms with E-state index in [1.807, 2.05) is 0 Å². The maximum absolute atomic E-state index is 11.7. The Morgan fingerprint density at radius 1 is 1.42 bits per heavy atom. The Hall–Kier alpha value is -1.52. The van der Waals surface area contributed by atoms with Gasteiger partial charge in [0.2, 0.25) is 0 Å². The van der Waals surface area contributed by atoms with Crippen LogP contribution in [0.4, 0.5) is 4.79 Å². The molecule has 0 spiro atoms. The Morgan fingerprint density at radius 3 is 2.53 bits per heavy atom. The van der Waals surface area contributed by atoms with E-state index >= 15 is 0 Å². The second-order valence-electron chi connectivity index (χ2n) is 6.24. The van der Waals surface area contributed by atoms with Crippen LogP contribution in [0, 0.1) is 17.3 Å². The van der Waals surface area contributed by atoms with Gasteiger partial charge in [0.05, 0.1) is 5.92 Å². The monoisotopic (exact) mass is 269 g/mol. The molecule has 0 bridgehead atoms. The summed E-state index contributed by atoms with van der Waals surface area (Å²) in [6.07, 6.45) is 1.81. The number of rotatable bonds is 4. The lowest BCUT2D eigenvalue weighted by Gasteiger charge is -2.24. The molecular formula is C14H23NO4. The zero-order valence-electron chi connectivity index (χ0n) is 11.9. The summed E-state index contributed by atoms with van der Waals surface area (Å²) in [6, 6.07) is 0. The first kappa shape index (κ1) is 15.5. The van der Waals surface area contributed by atoms with E-state index in [2.05, 4.69) is 27.4 Å². The summed E-state index contributed by atoms with van der Waals surface area (Å²) in [5.41, 5.74) is 0.0411. The third kappa shape index (κ3) is 4.58. The van der Waals surface area contributed by atoms with E-state index in [0.29, 0.717) is 6.54 Å². The van der Waals surface area contributed by atoms with Gasteiger partial charge in [-0.1, -0.05) is 33.4 Å². The number of hydrogen-bond donors (Lipinski definition) is 1. The molecule has 19 heavy (non-hydrogen) atoms. The SMILES string of the molecule is C=CCOC(=O)N1C[C@@H](CC(C)(C)C)[C@H](C(=O)O)C1. The number of carbonyl (C=O) groups excluding carboxylic acids is 1. The first-order chi connectivity index (χ1) is 8.74. The quantitative estimate of drug-likeness (QED) is 0.796. The van der Waals surface area contributed by atoms with Gasteiger partial charge in [-0.25, -0.2) is 4.79 Å². The van der Waals surface area contributed by atoms with E-state index in [-0.39, 0.29) is 24.5 Å². The number of likely N-dealkylation sites (tertiary alicyclic amines) is 1. The van der Waals surface area contributed by atoms with Crippen molar-refractivity contribution >= 4 is 12.1 Å². The standard InChI is InChI=1S/C14H23NO4/c1-5-6-19-13(18)15-8-10(7-14(2,3)4)11(9-15)12(16)17/h5,10-11H,1,6-9H2,2-4H3,(H,16,17)/t10-,11-/m1/s1. The molecule has 0 radical (unpaired) electrons. The van der Waals surface area contributed by atoms with Crippen LogP contribution in [-0.2, 0) is 9.53 Å². The molecule has 5 heteroatoms. The highest BCUT2D eigenvalue weighted by Crippen LogP contribution is 2.34. The number of nitrogens with zero attached hydrogens (tertiary/aromatic N) is 1. The summed E-state index contributed by atoms with van der Waals surface area (Å²) in [6.45, 7) is 10.5. The van der Waals surface area contributed by atoms with E-state index in [1.165, 1.54) is 11.0 Å². The normalized spacial score (nSPS) is 23.2. The molecule has 1 rings (SSSR count). The molecule has 0 aromatic heterocycles. The van der Waals surface area contributed by atoms with Crippen molar-refractivity contribution in [3.63, 3.8) is 0 Å². The van der Waals surface area contributed by atoms with Crippen molar-refractivity contribution in [2.75, 3.05) is 19.7 Å². The van der Waals surface area contributed by atoms with Crippen LogP contribution < -0.4 is 0 Å². The van der Waals surface area contributed by atoms with Gasteiger partial charge in [-0.2, -0.15) is 0 Å². The molecule has 5 nitrogen and oxygen atoms in total. The molecule has 1 heterocycles. The molecule has 1 saturated heterocycles. The molecule has 0 aliphatic carbocycles. The minimum absolute atomic E-state index is 0.0196. The van der Waals surface area contributed by atoms with Crippen molar-refractivity contribution < 1.29 is 19.4 Å². The lowest BCUT2D eigenvalue weighted by Crippen LogP contribution is -2.30. The fourth-order valence-electron chi connectivity index (χ4n) is 2.52. The summed E-state index contributed by atoms with van der Waals surface area (Å²) < 4.78 is 4.96. The van der Waals surface area contributed by atoms with Crippen LogP contribution in [0.1, 0.15) is 27.2 Å². The van der Waals surface area contributed by atoms with Gasteiger partial charge >= 0.3 is 12.1 Å². The molecule has 0 aromatic carbocycles. The maximum atomic E-state index is 11.7. The summed E-state index contributed by atoms with van der Waals surface area (Å²) in [5, 5.41) is 9.26. The minimum Gasteiger partial charge on any atom is -0.481 e. The van der Waals surface area contributed by atoms with Gasteiger partial charge in [0.1, 0.15) is 6.61 Å². The van der Waals surface area contributed by atoms with Crippen LogP contribution in [0.15, 0.2) is 12.7 Å². The highest BCUT2D eigenvalue weighted by Gasteiger charge is 2.41. The number of amides is 1.